The van der Waals surface area contributed by atoms with Gasteiger partial charge in [0.15, 0.2) is 0 Å². The van der Waals surface area contributed by atoms with Gasteiger partial charge in [-0.15, -0.1) is 0 Å². The van der Waals surface area contributed by atoms with E-state index in [1.54, 1.807) is 38.1 Å². The number of anilines is 1. The highest BCUT2D eigenvalue weighted by atomic mass is 32.2. The second kappa shape index (κ2) is 5.17. The molecule has 0 amide bonds. The van der Waals surface area contributed by atoms with Crippen LogP contribution in [0, 0.1) is 20.8 Å². The zero-order chi connectivity index (χ0) is 14.9. The Labute approximate surface area is 119 Å². The minimum Gasteiger partial charge on any atom is -0.505 e. The third-order valence-corrected chi connectivity index (χ3v) is 4.63. The van der Waals surface area contributed by atoms with Crippen molar-refractivity contribution in [3.8, 4) is 5.75 Å². The molecule has 2 N–H and O–H groups in total. The van der Waals surface area contributed by atoms with Gasteiger partial charge in [-0.25, -0.2) is 8.42 Å². The van der Waals surface area contributed by atoms with E-state index in [4.69, 9.17) is 0 Å². The van der Waals surface area contributed by atoms with Crippen molar-refractivity contribution in [2.45, 2.75) is 25.7 Å². The third kappa shape index (κ3) is 2.77. The molecular weight excluding hydrogens is 274 g/mol. The van der Waals surface area contributed by atoms with E-state index in [9.17, 15) is 13.5 Å². The van der Waals surface area contributed by atoms with Crippen molar-refractivity contribution in [3.63, 3.8) is 0 Å². The Morgan fingerprint density at radius 3 is 2.35 bits per heavy atom. The highest BCUT2D eigenvalue weighted by Gasteiger charge is 2.18. The monoisotopic (exact) mass is 291 g/mol. The van der Waals surface area contributed by atoms with Crippen molar-refractivity contribution >= 4 is 15.7 Å². The lowest BCUT2D eigenvalue weighted by Gasteiger charge is -2.12. The summed E-state index contributed by atoms with van der Waals surface area (Å²) in [5, 5.41) is 9.89. The van der Waals surface area contributed by atoms with E-state index in [0.717, 1.165) is 5.56 Å². The summed E-state index contributed by atoms with van der Waals surface area (Å²) in [5.41, 5.74) is 2.47. The molecule has 0 aliphatic rings. The number of phenolic OH excluding ortho intramolecular Hbond substituents is 1. The van der Waals surface area contributed by atoms with E-state index in [0.29, 0.717) is 11.1 Å². The predicted molar refractivity (Wildman–Crippen MR) is 79.6 cm³/mol. The van der Waals surface area contributed by atoms with Crippen LogP contribution in [0.15, 0.2) is 41.3 Å². The molecule has 0 spiro atoms. The quantitative estimate of drug-likeness (QED) is 0.854. The minimum atomic E-state index is -3.71. The SMILES string of the molecule is Cc1ccc(S(=O)(=O)Nc2cccc(C)c2O)c(C)c1. The van der Waals surface area contributed by atoms with Crippen LogP contribution in [0.2, 0.25) is 0 Å². The largest absolute Gasteiger partial charge is 0.505 e. The number of phenols is 1. The Bertz CT molecular complexity index is 752. The Balaban J connectivity index is 2.44. The molecule has 0 saturated heterocycles. The summed E-state index contributed by atoms with van der Waals surface area (Å²) >= 11 is 0. The summed E-state index contributed by atoms with van der Waals surface area (Å²) in [6.45, 7) is 5.37. The number of nitrogens with one attached hydrogen (secondary N) is 1. The van der Waals surface area contributed by atoms with Gasteiger partial charge in [-0.2, -0.15) is 0 Å². The van der Waals surface area contributed by atoms with Gasteiger partial charge in [0.2, 0.25) is 0 Å². The van der Waals surface area contributed by atoms with E-state index < -0.39 is 10.0 Å². The molecule has 0 saturated carbocycles. The van der Waals surface area contributed by atoms with Gasteiger partial charge >= 0.3 is 0 Å². The number of hydrogen-bond acceptors (Lipinski definition) is 3. The maximum atomic E-state index is 12.4. The van der Waals surface area contributed by atoms with Gasteiger partial charge in [0.05, 0.1) is 10.6 Å². The average molecular weight is 291 g/mol. The fraction of sp³-hybridized carbons (Fsp3) is 0.200. The number of hydrogen-bond donors (Lipinski definition) is 2. The zero-order valence-electron chi connectivity index (χ0n) is 11.6. The summed E-state index contributed by atoms with van der Waals surface area (Å²) < 4.78 is 27.2. The minimum absolute atomic E-state index is 0.0548. The van der Waals surface area contributed by atoms with Crippen molar-refractivity contribution in [2.24, 2.45) is 0 Å². The van der Waals surface area contributed by atoms with Crippen LogP contribution in [0.3, 0.4) is 0 Å². The molecule has 2 aromatic carbocycles. The molecule has 0 heterocycles. The predicted octanol–water partition coefficient (Wildman–Crippen LogP) is 3.12. The number of benzene rings is 2. The van der Waals surface area contributed by atoms with Crippen LogP contribution in [-0.4, -0.2) is 13.5 Å². The van der Waals surface area contributed by atoms with E-state index in [-0.39, 0.29) is 16.3 Å². The fourth-order valence-corrected chi connectivity index (χ4v) is 3.34. The van der Waals surface area contributed by atoms with Crippen molar-refractivity contribution in [2.75, 3.05) is 4.72 Å². The molecule has 0 unspecified atom stereocenters. The third-order valence-electron chi connectivity index (χ3n) is 3.10. The van der Waals surface area contributed by atoms with Gasteiger partial charge < -0.3 is 5.11 Å². The van der Waals surface area contributed by atoms with Gasteiger partial charge in [-0.1, -0.05) is 29.8 Å². The molecule has 0 aliphatic heterocycles. The Morgan fingerprint density at radius 2 is 1.70 bits per heavy atom. The first-order valence-corrected chi connectivity index (χ1v) is 7.68. The topological polar surface area (TPSA) is 66.4 Å². The zero-order valence-corrected chi connectivity index (χ0v) is 12.5. The fourth-order valence-electron chi connectivity index (χ4n) is 2.04. The Kier molecular flexibility index (Phi) is 3.72. The summed E-state index contributed by atoms with van der Waals surface area (Å²) in [7, 11) is -3.71. The molecular formula is C15H17NO3S. The summed E-state index contributed by atoms with van der Waals surface area (Å²) in [5.74, 6) is -0.0548. The van der Waals surface area contributed by atoms with Crippen LogP contribution >= 0.6 is 0 Å². The van der Waals surface area contributed by atoms with Crippen molar-refractivity contribution in [3.05, 3.63) is 53.1 Å². The molecule has 106 valence electrons. The van der Waals surface area contributed by atoms with Crippen LogP contribution in [0.4, 0.5) is 5.69 Å². The molecule has 2 rings (SSSR count). The number of rotatable bonds is 3. The molecule has 0 radical (unpaired) electrons. The van der Waals surface area contributed by atoms with Gasteiger partial charge in [-0.05, 0) is 44.0 Å². The van der Waals surface area contributed by atoms with E-state index in [2.05, 4.69) is 4.72 Å². The van der Waals surface area contributed by atoms with Crippen LogP contribution in [0.5, 0.6) is 5.75 Å². The first-order valence-electron chi connectivity index (χ1n) is 6.20. The van der Waals surface area contributed by atoms with E-state index >= 15 is 0 Å². The first kappa shape index (κ1) is 14.4. The summed E-state index contributed by atoms with van der Waals surface area (Å²) in [6, 6.07) is 10.1. The molecule has 0 aromatic heterocycles. The lowest BCUT2D eigenvalue weighted by molar-refractivity contribution is 0.473. The first-order chi connectivity index (χ1) is 9.31. The lowest BCUT2D eigenvalue weighted by atomic mass is 10.2. The van der Waals surface area contributed by atoms with Crippen LogP contribution < -0.4 is 4.72 Å². The number of sulfonamides is 1. The smallest absolute Gasteiger partial charge is 0.262 e. The molecule has 0 atom stereocenters. The van der Waals surface area contributed by atoms with E-state index in [1.165, 1.54) is 6.07 Å². The normalized spacial score (nSPS) is 11.3. The maximum absolute atomic E-state index is 12.4. The Morgan fingerprint density at radius 1 is 1.00 bits per heavy atom. The molecule has 5 heteroatoms. The van der Waals surface area contributed by atoms with Gasteiger partial charge in [-0.3, -0.25) is 4.72 Å². The second-order valence-corrected chi connectivity index (χ2v) is 6.50. The van der Waals surface area contributed by atoms with Crippen LogP contribution in [0.25, 0.3) is 0 Å². The van der Waals surface area contributed by atoms with Crippen molar-refractivity contribution in [1.82, 2.24) is 0 Å². The molecule has 4 nitrogen and oxygen atoms in total. The van der Waals surface area contributed by atoms with Gasteiger partial charge in [0, 0.05) is 0 Å². The van der Waals surface area contributed by atoms with Crippen molar-refractivity contribution in [1.29, 1.82) is 0 Å². The highest BCUT2D eigenvalue weighted by molar-refractivity contribution is 7.92. The van der Waals surface area contributed by atoms with Gasteiger partial charge in [0.25, 0.3) is 10.0 Å². The van der Waals surface area contributed by atoms with Crippen molar-refractivity contribution < 1.29 is 13.5 Å². The number of aryl methyl sites for hydroxylation is 3. The van der Waals surface area contributed by atoms with Gasteiger partial charge in [0.1, 0.15) is 5.75 Å². The second-order valence-electron chi connectivity index (χ2n) is 4.85. The maximum Gasteiger partial charge on any atom is 0.262 e. The number of para-hydroxylation sites is 1. The summed E-state index contributed by atoms with van der Waals surface area (Å²) in [6.07, 6.45) is 0. The summed E-state index contributed by atoms with van der Waals surface area (Å²) in [4.78, 5) is 0.212. The average Bonchev–Trinajstić information content (AvgIpc) is 2.34. The highest BCUT2D eigenvalue weighted by Crippen LogP contribution is 2.29. The molecule has 0 aliphatic carbocycles. The molecule has 2 aromatic rings. The standard InChI is InChI=1S/C15H17NO3S/c1-10-7-8-14(12(3)9-10)20(18,19)16-13-6-4-5-11(2)15(13)17/h4-9,16-17H,1-3H3. The molecule has 0 fully saturated rings. The Hall–Kier alpha value is -2.01. The molecule has 20 heavy (non-hydrogen) atoms. The van der Waals surface area contributed by atoms with E-state index in [1.807, 2.05) is 13.0 Å². The van der Waals surface area contributed by atoms with Crippen LogP contribution in [0.1, 0.15) is 16.7 Å². The van der Waals surface area contributed by atoms with Crippen LogP contribution in [-0.2, 0) is 10.0 Å². The lowest BCUT2D eigenvalue weighted by Crippen LogP contribution is -2.14. The molecule has 0 bridgehead atoms. The number of aromatic hydroxyl groups is 1.